The number of piperazine rings is 1. The molecule has 1 aromatic carbocycles. The van der Waals surface area contributed by atoms with Crippen molar-refractivity contribution >= 4 is 21.8 Å². The first kappa shape index (κ1) is 16.4. The van der Waals surface area contributed by atoms with E-state index in [0.29, 0.717) is 31.7 Å². The number of hydrogen-bond acceptors (Lipinski definition) is 6. The van der Waals surface area contributed by atoms with E-state index in [0.717, 1.165) is 0 Å². The maximum absolute atomic E-state index is 12.1. The molecule has 1 amide bonds. The third kappa shape index (κ3) is 3.71. The lowest BCUT2D eigenvalue weighted by Gasteiger charge is -2.27. The van der Waals surface area contributed by atoms with E-state index >= 15 is 0 Å². The van der Waals surface area contributed by atoms with E-state index in [4.69, 9.17) is 4.52 Å². The number of nitrogens with one attached hydrogen (secondary N) is 1. The van der Waals surface area contributed by atoms with E-state index < -0.39 is 10.0 Å². The predicted molar refractivity (Wildman–Crippen MR) is 85.5 cm³/mol. The molecule has 0 spiro atoms. The molecule has 1 aliphatic heterocycles. The Morgan fingerprint density at radius 1 is 1.21 bits per heavy atom. The van der Waals surface area contributed by atoms with Crippen LogP contribution in [0.25, 0.3) is 0 Å². The highest BCUT2D eigenvalue weighted by molar-refractivity contribution is 7.88. The Balaban J connectivity index is 1.61. The van der Waals surface area contributed by atoms with Gasteiger partial charge in [0.25, 0.3) is 12.1 Å². The molecule has 2 aromatic rings. The summed E-state index contributed by atoms with van der Waals surface area (Å²) in [5.41, 5.74) is 0.516. The van der Waals surface area contributed by atoms with Crippen LogP contribution in [0.1, 0.15) is 10.4 Å². The topological polar surface area (TPSA) is 99.6 Å². The Labute approximate surface area is 139 Å². The molecule has 0 saturated carbocycles. The number of carbonyl (C=O) groups is 1. The van der Waals surface area contributed by atoms with E-state index in [9.17, 15) is 13.2 Å². The minimum atomic E-state index is -3.18. The fourth-order valence-corrected chi connectivity index (χ4v) is 3.24. The maximum Gasteiger partial charge on any atom is 0.306 e. The Morgan fingerprint density at radius 3 is 2.50 bits per heavy atom. The molecule has 0 unspecified atom stereocenters. The van der Waals surface area contributed by atoms with Crippen molar-refractivity contribution in [3.63, 3.8) is 0 Å². The van der Waals surface area contributed by atoms with E-state index in [2.05, 4.69) is 10.6 Å². The van der Waals surface area contributed by atoms with Crippen LogP contribution in [0.5, 0.6) is 0 Å². The Bertz CT molecular complexity index is 813. The van der Waals surface area contributed by atoms with Crippen molar-refractivity contribution in [1.82, 2.24) is 9.58 Å². The molecule has 1 fully saturated rings. The molecule has 2 heterocycles. The molecule has 3 rings (SSSR count). The number of hydrogen-bond donors (Lipinski definition) is 1. The standard InChI is InChI=1S/C14H17N5O4S/c1-24(21,22)18-9-7-17(8-10-18)19-11-13(23-16-19)15-14(20)12-5-3-2-4-6-12/h2-6,11H,7-10H2,1H3/p+1. The summed E-state index contributed by atoms with van der Waals surface area (Å²) >= 11 is 0. The number of benzene rings is 1. The molecule has 0 atom stereocenters. The summed E-state index contributed by atoms with van der Waals surface area (Å²) in [6.07, 6.45) is 2.75. The number of sulfonamides is 1. The molecule has 1 saturated heterocycles. The Hall–Kier alpha value is -2.46. The molecule has 0 aliphatic carbocycles. The Kier molecular flexibility index (Phi) is 4.49. The van der Waals surface area contributed by atoms with Crippen LogP contribution in [0.4, 0.5) is 5.88 Å². The molecule has 0 radical (unpaired) electrons. The minimum absolute atomic E-state index is 0.217. The highest BCUT2D eigenvalue weighted by atomic mass is 32.2. The number of rotatable bonds is 4. The quantitative estimate of drug-likeness (QED) is 0.740. The number of carbonyl (C=O) groups excluding carboxylic acids is 1. The van der Waals surface area contributed by atoms with Crippen LogP contribution in [0.3, 0.4) is 0 Å². The van der Waals surface area contributed by atoms with Crippen LogP contribution in [0, 0.1) is 0 Å². The van der Waals surface area contributed by atoms with Gasteiger partial charge in [-0.05, 0) is 12.1 Å². The van der Waals surface area contributed by atoms with Gasteiger partial charge in [-0.3, -0.25) is 14.6 Å². The lowest BCUT2D eigenvalue weighted by Crippen LogP contribution is -2.65. The van der Waals surface area contributed by atoms with Gasteiger partial charge < -0.3 is 0 Å². The van der Waals surface area contributed by atoms with E-state index in [1.54, 1.807) is 30.5 Å². The molecule has 10 heteroatoms. The minimum Gasteiger partial charge on any atom is -0.285 e. The van der Waals surface area contributed by atoms with Crippen molar-refractivity contribution in [2.24, 2.45) is 0 Å². The first-order chi connectivity index (χ1) is 11.4. The molecule has 24 heavy (non-hydrogen) atoms. The van der Waals surface area contributed by atoms with Gasteiger partial charge in [-0.25, -0.2) is 8.42 Å². The highest BCUT2D eigenvalue weighted by Gasteiger charge is 2.29. The van der Waals surface area contributed by atoms with Gasteiger partial charge >= 0.3 is 5.88 Å². The molecule has 9 nitrogen and oxygen atoms in total. The average molecular weight is 352 g/mol. The van der Waals surface area contributed by atoms with Crippen molar-refractivity contribution < 1.29 is 22.5 Å². The first-order valence-corrected chi connectivity index (χ1v) is 9.24. The van der Waals surface area contributed by atoms with E-state index in [1.807, 2.05) is 11.1 Å². The summed E-state index contributed by atoms with van der Waals surface area (Å²) in [6.45, 7) is 1.72. The van der Waals surface area contributed by atoms with Crippen molar-refractivity contribution in [2.75, 3.05) is 42.8 Å². The van der Waals surface area contributed by atoms with Crippen molar-refractivity contribution in [2.45, 2.75) is 0 Å². The summed E-state index contributed by atoms with van der Waals surface area (Å²) in [5, 5.41) is 8.32. The smallest absolute Gasteiger partial charge is 0.285 e. The lowest BCUT2D eigenvalue weighted by atomic mass is 10.2. The normalized spacial score (nSPS) is 16.1. The van der Waals surface area contributed by atoms with Gasteiger partial charge in [-0.1, -0.05) is 18.2 Å². The van der Waals surface area contributed by atoms with Crippen molar-refractivity contribution in [3.05, 3.63) is 42.1 Å². The molecule has 1 aliphatic rings. The zero-order valence-corrected chi connectivity index (χ0v) is 13.9. The van der Waals surface area contributed by atoms with Gasteiger partial charge in [-0.15, -0.1) is 0 Å². The molecular formula is C14H18N5O4S+. The zero-order valence-electron chi connectivity index (χ0n) is 13.1. The molecule has 1 N–H and O–H groups in total. The third-order valence-corrected chi connectivity index (χ3v) is 5.01. The zero-order chi connectivity index (χ0) is 17.2. The fourth-order valence-electron chi connectivity index (χ4n) is 2.41. The third-order valence-electron chi connectivity index (χ3n) is 3.70. The largest absolute Gasteiger partial charge is 0.306 e. The van der Waals surface area contributed by atoms with Crippen LogP contribution in [-0.2, 0) is 10.0 Å². The van der Waals surface area contributed by atoms with Crippen LogP contribution in [-0.4, -0.2) is 56.3 Å². The van der Waals surface area contributed by atoms with Gasteiger partial charge in [0, 0.05) is 18.7 Å². The summed E-state index contributed by atoms with van der Waals surface area (Å²) < 4.78 is 29.5. The van der Waals surface area contributed by atoms with Gasteiger partial charge in [0.15, 0.2) is 0 Å². The molecular weight excluding hydrogens is 334 g/mol. The number of amides is 1. The monoisotopic (exact) mass is 352 g/mol. The van der Waals surface area contributed by atoms with Crippen LogP contribution < -0.4 is 15.1 Å². The van der Waals surface area contributed by atoms with Crippen molar-refractivity contribution in [3.8, 4) is 0 Å². The summed E-state index contributed by atoms with van der Waals surface area (Å²) in [4.78, 5) is 13.5. The second-order valence-electron chi connectivity index (χ2n) is 5.42. The second-order valence-corrected chi connectivity index (χ2v) is 7.40. The predicted octanol–water partition coefficient (Wildman–Crippen LogP) is -0.572. The fraction of sp³-hybridized carbons (Fsp3) is 0.357. The average Bonchev–Trinajstić information content (AvgIpc) is 3.03. The maximum atomic E-state index is 12.1. The molecule has 128 valence electrons. The Morgan fingerprint density at radius 2 is 1.88 bits per heavy atom. The summed E-state index contributed by atoms with van der Waals surface area (Å²) in [5.74, 6) is -0.0739. The number of anilines is 1. The van der Waals surface area contributed by atoms with Gasteiger partial charge in [0.05, 0.1) is 24.1 Å². The van der Waals surface area contributed by atoms with Crippen molar-refractivity contribution in [1.29, 1.82) is 0 Å². The molecule has 1 aromatic heterocycles. The number of aromatic nitrogens is 2. The van der Waals surface area contributed by atoms with Crippen LogP contribution in [0.2, 0.25) is 0 Å². The summed E-state index contributed by atoms with van der Waals surface area (Å²) in [6, 6.07) is 8.77. The van der Waals surface area contributed by atoms with Crippen LogP contribution >= 0.6 is 0 Å². The highest BCUT2D eigenvalue weighted by Crippen LogP contribution is 2.07. The SMILES string of the molecule is CS(=O)(=O)N1CCN([n+]2cc(NC(=O)c3ccccc3)on2)CC1. The van der Waals surface area contributed by atoms with Gasteiger partial charge in [0.1, 0.15) is 0 Å². The lowest BCUT2D eigenvalue weighted by molar-refractivity contribution is -0.759. The van der Waals surface area contributed by atoms with E-state index in [1.165, 1.54) is 15.4 Å². The second kappa shape index (κ2) is 6.57. The summed E-state index contributed by atoms with van der Waals surface area (Å²) in [7, 11) is -3.18. The first-order valence-electron chi connectivity index (χ1n) is 7.39. The molecule has 0 bridgehead atoms. The van der Waals surface area contributed by atoms with Gasteiger partial charge in [-0.2, -0.15) is 9.31 Å². The number of nitrogens with zero attached hydrogens (tertiary/aromatic N) is 4. The van der Waals surface area contributed by atoms with E-state index in [-0.39, 0.29) is 11.8 Å². The van der Waals surface area contributed by atoms with Gasteiger partial charge in [0.2, 0.25) is 15.3 Å². The van der Waals surface area contributed by atoms with Crippen LogP contribution in [0.15, 0.2) is 41.1 Å².